The lowest BCUT2D eigenvalue weighted by Gasteiger charge is -2.06. The molecule has 0 saturated carbocycles. The fourth-order valence-electron chi connectivity index (χ4n) is 0.950. The summed E-state index contributed by atoms with van der Waals surface area (Å²) >= 11 is 0. The fraction of sp³-hybridized carbons (Fsp3) is 1.00. The van der Waals surface area contributed by atoms with Gasteiger partial charge in [-0.3, -0.25) is 9.11 Å². The molecule has 110 valence electrons. The van der Waals surface area contributed by atoms with Crippen LogP contribution in [0.25, 0.3) is 0 Å². The van der Waals surface area contributed by atoms with Gasteiger partial charge in [0.15, 0.2) is 0 Å². The largest absolute Gasteiger partial charge is 0.397 e. The lowest BCUT2D eigenvalue weighted by molar-refractivity contribution is 0.282. The Balaban J connectivity index is 3.99. The van der Waals surface area contributed by atoms with Gasteiger partial charge in [0.2, 0.25) is 0 Å². The van der Waals surface area contributed by atoms with Crippen molar-refractivity contribution in [1.29, 1.82) is 0 Å². The van der Waals surface area contributed by atoms with Gasteiger partial charge in [-0.1, -0.05) is 0 Å². The van der Waals surface area contributed by atoms with Crippen molar-refractivity contribution in [3.8, 4) is 0 Å². The summed E-state index contributed by atoms with van der Waals surface area (Å²) in [5.41, 5.74) is 0. The van der Waals surface area contributed by atoms with Crippen molar-refractivity contribution in [3.63, 3.8) is 0 Å². The maximum absolute atomic E-state index is 10.3. The Morgan fingerprint density at radius 3 is 1.50 bits per heavy atom. The molecule has 0 unspecified atom stereocenters. The molecule has 0 atom stereocenters. The van der Waals surface area contributed by atoms with Gasteiger partial charge in [-0.25, -0.2) is 8.37 Å². The molecule has 0 aromatic carbocycles. The summed E-state index contributed by atoms with van der Waals surface area (Å²) in [6.45, 7) is -0.734. The first-order valence-electron chi connectivity index (χ1n) is 4.62. The van der Waals surface area contributed by atoms with Crippen LogP contribution in [0.3, 0.4) is 0 Å². The van der Waals surface area contributed by atoms with Crippen LogP contribution in [0.1, 0.15) is 0 Å². The molecule has 0 bridgehead atoms. The summed E-state index contributed by atoms with van der Waals surface area (Å²) in [5.74, 6) is 0.716. The summed E-state index contributed by atoms with van der Waals surface area (Å²) in [6, 6.07) is 0. The average molecular weight is 327 g/mol. The summed E-state index contributed by atoms with van der Waals surface area (Å²) in [5, 5.41) is 8.75. The Hall–Kier alpha value is 0.0500. The summed E-state index contributed by atoms with van der Waals surface area (Å²) in [4.78, 5) is 0. The minimum absolute atomic E-state index is 0.166. The zero-order valence-corrected chi connectivity index (χ0v) is 11.7. The zero-order valence-electron chi connectivity index (χ0n) is 9.26. The van der Waals surface area contributed by atoms with Crippen LogP contribution in [0.5, 0.6) is 0 Å². The van der Waals surface area contributed by atoms with E-state index in [4.69, 9.17) is 14.2 Å². The highest BCUT2D eigenvalue weighted by Gasteiger charge is 2.20. The third kappa shape index (κ3) is 12.5. The molecule has 0 aliphatic rings. The third-order valence-corrected chi connectivity index (χ3v) is 4.77. The first-order valence-corrected chi connectivity index (χ1v) is 9.09. The highest BCUT2D eigenvalue weighted by Crippen LogP contribution is 2.00. The van der Waals surface area contributed by atoms with Crippen molar-refractivity contribution in [1.82, 2.24) is 0 Å². The Morgan fingerprint density at radius 2 is 1.22 bits per heavy atom. The van der Waals surface area contributed by atoms with E-state index in [1.165, 1.54) is 0 Å². The van der Waals surface area contributed by atoms with E-state index in [0.29, 0.717) is 5.75 Å². The van der Waals surface area contributed by atoms with Crippen molar-refractivity contribution < 1.29 is 39.4 Å². The van der Waals surface area contributed by atoms with Crippen LogP contribution >= 0.6 is 0 Å². The van der Waals surface area contributed by atoms with Crippen LogP contribution in [-0.4, -0.2) is 68.1 Å². The monoisotopic (exact) mass is 327 g/mol. The zero-order chi connectivity index (χ0) is 14.2. The van der Waals surface area contributed by atoms with Gasteiger partial charge in [-0.05, 0) is 10.9 Å². The van der Waals surface area contributed by atoms with Crippen molar-refractivity contribution in [2.24, 2.45) is 0 Å². The topological polar surface area (TPSA) is 147 Å². The van der Waals surface area contributed by atoms with Crippen LogP contribution in [0.2, 0.25) is 0 Å². The first-order chi connectivity index (χ1) is 8.14. The van der Waals surface area contributed by atoms with Gasteiger partial charge in [-0.2, -0.15) is 16.8 Å². The van der Waals surface area contributed by atoms with E-state index in [9.17, 15) is 16.8 Å². The lowest BCUT2D eigenvalue weighted by atomic mass is 10.8. The van der Waals surface area contributed by atoms with Crippen molar-refractivity contribution in [3.05, 3.63) is 0 Å². The lowest BCUT2D eigenvalue weighted by Crippen LogP contribution is -2.25. The van der Waals surface area contributed by atoms with E-state index in [0.717, 1.165) is 0 Å². The van der Waals surface area contributed by atoms with Crippen LogP contribution in [0.15, 0.2) is 0 Å². The molecule has 12 heteroatoms. The molecule has 0 heterocycles. The normalized spacial score (nSPS) is 13.1. The number of aliphatic hydroxyl groups is 1. The highest BCUT2D eigenvalue weighted by atomic mass is 32.3. The number of rotatable bonds is 10. The molecule has 0 rings (SSSR count). The van der Waals surface area contributed by atoms with E-state index in [1.807, 2.05) is 0 Å². The molecule has 3 N–H and O–H groups in total. The molecule has 0 aromatic rings. The van der Waals surface area contributed by atoms with Gasteiger partial charge in [0, 0.05) is 0 Å². The predicted molar refractivity (Wildman–Crippen MR) is 64.1 cm³/mol. The molecule has 0 spiro atoms. The van der Waals surface area contributed by atoms with Crippen LogP contribution < -0.4 is 0 Å². The molecule has 18 heavy (non-hydrogen) atoms. The van der Waals surface area contributed by atoms with Crippen molar-refractivity contribution in [2.45, 2.75) is 0 Å². The minimum atomic E-state index is -4.50. The SMILES string of the molecule is O=S(=O)(O)OCC[S+](CCO)CCOS(=O)(=O)O. The first kappa shape index (κ1) is 18.0. The number of aliphatic hydroxyl groups excluding tert-OH is 1. The van der Waals surface area contributed by atoms with Crippen LogP contribution in [-0.2, 0) is 40.1 Å². The molecular weight excluding hydrogens is 312 g/mol. The van der Waals surface area contributed by atoms with E-state index < -0.39 is 31.7 Å². The van der Waals surface area contributed by atoms with E-state index >= 15 is 0 Å². The number of hydrogen-bond acceptors (Lipinski definition) is 7. The Labute approximate surface area is 108 Å². The molecular formula is C6H15O9S3+. The maximum Gasteiger partial charge on any atom is 0.397 e. The van der Waals surface area contributed by atoms with Gasteiger partial charge in [0.05, 0.1) is 6.61 Å². The van der Waals surface area contributed by atoms with Crippen LogP contribution in [0, 0.1) is 0 Å². The van der Waals surface area contributed by atoms with Gasteiger partial charge in [0.25, 0.3) is 0 Å². The minimum Gasteiger partial charge on any atom is -0.391 e. The maximum atomic E-state index is 10.3. The number of hydrogen-bond donors (Lipinski definition) is 3. The van der Waals surface area contributed by atoms with E-state index in [1.54, 1.807) is 0 Å². The second kappa shape index (κ2) is 8.27. The fourth-order valence-corrected chi connectivity index (χ4v) is 3.26. The molecule has 0 aromatic heterocycles. The molecule has 0 fully saturated rings. The summed E-state index contributed by atoms with van der Waals surface area (Å²) < 4.78 is 65.9. The highest BCUT2D eigenvalue weighted by molar-refractivity contribution is 7.96. The van der Waals surface area contributed by atoms with Gasteiger partial charge < -0.3 is 5.11 Å². The Bertz CT molecular complexity index is 376. The van der Waals surface area contributed by atoms with E-state index in [-0.39, 0.29) is 31.3 Å². The Morgan fingerprint density at radius 1 is 0.833 bits per heavy atom. The van der Waals surface area contributed by atoms with Gasteiger partial charge >= 0.3 is 20.8 Å². The molecule has 0 saturated heterocycles. The predicted octanol–water partition coefficient (Wildman–Crippen LogP) is -1.76. The summed E-state index contributed by atoms with van der Waals surface area (Å²) in [6.07, 6.45) is 0. The quantitative estimate of drug-likeness (QED) is 0.313. The van der Waals surface area contributed by atoms with Gasteiger partial charge in [-0.15, -0.1) is 0 Å². The van der Waals surface area contributed by atoms with Crippen molar-refractivity contribution >= 4 is 31.7 Å². The smallest absolute Gasteiger partial charge is 0.391 e. The van der Waals surface area contributed by atoms with Gasteiger partial charge in [0.1, 0.15) is 30.5 Å². The standard InChI is InChI=1S/C6H14O9S3/c7-1-4-16(5-2-14-17(8,9)10)6-3-15-18(11,12)13/h7H,1-6H2,(H-,8,9,10,11,12,13)/p+1. The van der Waals surface area contributed by atoms with Crippen molar-refractivity contribution in [2.75, 3.05) is 37.1 Å². The molecule has 0 aliphatic carbocycles. The third-order valence-electron chi connectivity index (χ3n) is 1.59. The molecule has 0 radical (unpaired) electrons. The second-order valence-electron chi connectivity index (χ2n) is 2.95. The molecule has 9 nitrogen and oxygen atoms in total. The molecule has 0 amide bonds. The average Bonchev–Trinajstić information content (AvgIpc) is 2.13. The molecule has 0 aliphatic heterocycles. The van der Waals surface area contributed by atoms with E-state index in [2.05, 4.69) is 8.37 Å². The second-order valence-corrected chi connectivity index (χ2v) is 7.58. The summed E-state index contributed by atoms with van der Waals surface area (Å²) in [7, 11) is -9.55. The van der Waals surface area contributed by atoms with Crippen LogP contribution in [0.4, 0.5) is 0 Å². The Kier molecular flexibility index (Phi) is 8.29.